The van der Waals surface area contributed by atoms with Crippen molar-refractivity contribution in [1.29, 1.82) is 0 Å². The SMILES string of the molecule is Cc1ccc(S(=O)(=O)N2CCCC(C(=O)Nc3nc4c(s3)-c3cccc5cccc-4c35)C2)cc1. The molecule has 1 aliphatic heterocycles. The topological polar surface area (TPSA) is 79.4 Å². The Kier molecular flexibility index (Phi) is 5.05. The molecule has 3 aromatic carbocycles. The Balaban J connectivity index is 1.21. The molecule has 4 aromatic rings. The van der Waals surface area contributed by atoms with Gasteiger partial charge in [-0.05, 0) is 42.7 Å². The fourth-order valence-electron chi connectivity index (χ4n) is 4.91. The van der Waals surface area contributed by atoms with Gasteiger partial charge in [-0.2, -0.15) is 4.31 Å². The third kappa shape index (κ3) is 3.45. The van der Waals surface area contributed by atoms with E-state index in [-0.39, 0.29) is 17.3 Å². The summed E-state index contributed by atoms with van der Waals surface area (Å²) >= 11 is 1.47. The molecule has 1 N–H and O–H groups in total. The normalized spacial score (nSPS) is 17.6. The Bertz CT molecular complexity index is 1490. The van der Waals surface area contributed by atoms with E-state index in [9.17, 15) is 13.2 Å². The second kappa shape index (κ2) is 8.01. The van der Waals surface area contributed by atoms with Gasteiger partial charge in [0.15, 0.2) is 5.13 Å². The minimum absolute atomic E-state index is 0.176. The molecule has 1 amide bonds. The number of thiazole rings is 1. The molecule has 6 rings (SSSR count). The van der Waals surface area contributed by atoms with Crippen LogP contribution in [0.4, 0.5) is 5.13 Å². The molecule has 2 aliphatic rings. The van der Waals surface area contributed by atoms with Gasteiger partial charge >= 0.3 is 0 Å². The lowest BCUT2D eigenvalue weighted by Crippen LogP contribution is -2.43. The Morgan fingerprint density at radius 1 is 1.06 bits per heavy atom. The van der Waals surface area contributed by atoms with E-state index in [2.05, 4.69) is 29.6 Å². The molecule has 1 unspecified atom stereocenters. The molecule has 6 nitrogen and oxygen atoms in total. The number of aromatic nitrogens is 1. The number of sulfonamides is 1. The lowest BCUT2D eigenvalue weighted by Gasteiger charge is -2.31. The average Bonchev–Trinajstić information content (AvgIpc) is 3.39. The fourth-order valence-corrected chi connectivity index (χ4v) is 7.45. The average molecular weight is 490 g/mol. The van der Waals surface area contributed by atoms with Crippen molar-refractivity contribution in [2.75, 3.05) is 18.4 Å². The van der Waals surface area contributed by atoms with Gasteiger partial charge in [0.25, 0.3) is 0 Å². The molecule has 1 saturated heterocycles. The van der Waals surface area contributed by atoms with Crippen molar-refractivity contribution in [1.82, 2.24) is 9.29 Å². The highest BCUT2D eigenvalue weighted by atomic mass is 32.2. The van der Waals surface area contributed by atoms with Crippen LogP contribution >= 0.6 is 11.3 Å². The van der Waals surface area contributed by atoms with E-state index < -0.39 is 15.9 Å². The van der Waals surface area contributed by atoms with Gasteiger partial charge in [-0.1, -0.05) is 65.4 Å². The first-order valence-corrected chi connectivity index (χ1v) is 13.6. The summed E-state index contributed by atoms with van der Waals surface area (Å²) in [4.78, 5) is 19.2. The number of aryl methyl sites for hydroxylation is 1. The van der Waals surface area contributed by atoms with Crippen molar-refractivity contribution in [2.45, 2.75) is 24.7 Å². The van der Waals surface area contributed by atoms with E-state index in [0.29, 0.717) is 24.5 Å². The number of carbonyl (C=O) groups is 1. The van der Waals surface area contributed by atoms with E-state index in [0.717, 1.165) is 27.3 Å². The number of hydrogen-bond acceptors (Lipinski definition) is 5. The van der Waals surface area contributed by atoms with E-state index in [1.165, 1.54) is 26.4 Å². The maximum atomic E-state index is 13.1. The van der Waals surface area contributed by atoms with Crippen LogP contribution in [0.15, 0.2) is 65.6 Å². The Labute approximate surface area is 202 Å². The van der Waals surface area contributed by atoms with Crippen LogP contribution in [0.5, 0.6) is 0 Å². The summed E-state index contributed by atoms with van der Waals surface area (Å²) in [5, 5.41) is 5.92. The first-order chi connectivity index (χ1) is 16.4. The Morgan fingerprint density at radius 2 is 1.79 bits per heavy atom. The minimum atomic E-state index is -3.63. The van der Waals surface area contributed by atoms with Gasteiger partial charge in [0.2, 0.25) is 15.9 Å². The van der Waals surface area contributed by atoms with E-state index in [1.807, 2.05) is 19.1 Å². The number of benzene rings is 3. The molecule has 8 heteroatoms. The smallest absolute Gasteiger partial charge is 0.243 e. The van der Waals surface area contributed by atoms with Gasteiger partial charge in [-0.15, -0.1) is 0 Å². The van der Waals surface area contributed by atoms with Crippen LogP contribution in [0, 0.1) is 12.8 Å². The number of anilines is 1. The van der Waals surface area contributed by atoms with Crippen LogP contribution < -0.4 is 5.32 Å². The predicted molar refractivity (Wildman–Crippen MR) is 135 cm³/mol. The lowest BCUT2D eigenvalue weighted by atomic mass is 9.99. The second-order valence-corrected chi connectivity index (χ2v) is 11.8. The maximum absolute atomic E-state index is 13.1. The van der Waals surface area contributed by atoms with Crippen molar-refractivity contribution in [3.8, 4) is 21.7 Å². The third-order valence-corrected chi connectivity index (χ3v) is 9.56. The fraction of sp³-hybridized carbons (Fsp3) is 0.231. The van der Waals surface area contributed by atoms with E-state index >= 15 is 0 Å². The van der Waals surface area contributed by atoms with Crippen molar-refractivity contribution in [2.24, 2.45) is 5.92 Å². The number of nitrogens with zero attached hydrogens (tertiary/aromatic N) is 2. The first-order valence-electron chi connectivity index (χ1n) is 11.3. The zero-order chi connectivity index (χ0) is 23.4. The van der Waals surface area contributed by atoms with Crippen molar-refractivity contribution < 1.29 is 13.2 Å². The van der Waals surface area contributed by atoms with Gasteiger partial charge < -0.3 is 5.32 Å². The highest BCUT2D eigenvalue weighted by Crippen LogP contribution is 2.50. The maximum Gasteiger partial charge on any atom is 0.243 e. The lowest BCUT2D eigenvalue weighted by molar-refractivity contribution is -0.120. The largest absolute Gasteiger partial charge is 0.302 e. The number of amides is 1. The molecule has 0 bridgehead atoms. The van der Waals surface area contributed by atoms with Crippen molar-refractivity contribution in [3.05, 3.63) is 66.2 Å². The van der Waals surface area contributed by atoms with Crippen molar-refractivity contribution >= 4 is 43.2 Å². The molecular weight excluding hydrogens is 466 g/mol. The first kappa shape index (κ1) is 21.5. The number of hydrogen-bond donors (Lipinski definition) is 1. The highest BCUT2D eigenvalue weighted by Gasteiger charge is 2.34. The summed E-state index contributed by atoms with van der Waals surface area (Å²) in [6, 6.07) is 19.3. The molecule has 1 fully saturated rings. The molecule has 1 aromatic heterocycles. The Hall–Kier alpha value is -3.07. The minimum Gasteiger partial charge on any atom is -0.302 e. The van der Waals surface area contributed by atoms with E-state index in [4.69, 9.17) is 4.98 Å². The molecule has 34 heavy (non-hydrogen) atoms. The summed E-state index contributed by atoms with van der Waals surface area (Å²) in [6.07, 6.45) is 1.30. The summed E-state index contributed by atoms with van der Waals surface area (Å²) in [5.74, 6) is -0.592. The van der Waals surface area contributed by atoms with Crippen LogP contribution in [-0.4, -0.2) is 36.7 Å². The molecule has 0 spiro atoms. The van der Waals surface area contributed by atoms with Gasteiger partial charge in [0.05, 0.1) is 21.4 Å². The quantitative estimate of drug-likeness (QED) is 0.372. The summed E-state index contributed by atoms with van der Waals surface area (Å²) < 4.78 is 27.7. The molecule has 1 aliphatic carbocycles. The monoisotopic (exact) mass is 489 g/mol. The molecular formula is C26H23N3O3S2. The second-order valence-electron chi connectivity index (χ2n) is 8.91. The summed E-state index contributed by atoms with van der Waals surface area (Å²) in [5.41, 5.74) is 4.14. The van der Waals surface area contributed by atoms with Crippen LogP contribution in [0.25, 0.3) is 32.5 Å². The summed E-state index contributed by atoms with van der Waals surface area (Å²) in [7, 11) is -3.63. The van der Waals surface area contributed by atoms with Gasteiger partial charge in [0, 0.05) is 24.2 Å². The third-order valence-electron chi connectivity index (χ3n) is 6.68. The summed E-state index contributed by atoms with van der Waals surface area (Å²) in [6.45, 7) is 2.52. The molecule has 0 radical (unpaired) electrons. The van der Waals surface area contributed by atoms with Crippen LogP contribution in [0.1, 0.15) is 18.4 Å². The number of fused-ring (bicyclic) bond motifs is 3. The zero-order valence-corrected chi connectivity index (χ0v) is 20.2. The number of nitrogens with one attached hydrogen (secondary N) is 1. The number of carbonyl (C=O) groups excluding carboxylic acids is 1. The molecule has 2 heterocycles. The standard InChI is InChI=1S/C26H23N3O3S2/c1-16-10-12-19(13-11-16)34(31,32)29-14-4-7-18(15-29)25(30)28-26-27-23-20-8-2-5-17-6-3-9-21(22(17)20)24(23)33-26/h2-3,5-6,8-13,18H,4,7,14-15H2,1H3,(H,27,28,30). The van der Waals surface area contributed by atoms with Gasteiger partial charge in [-0.3, -0.25) is 4.79 Å². The van der Waals surface area contributed by atoms with Crippen molar-refractivity contribution in [3.63, 3.8) is 0 Å². The highest BCUT2D eigenvalue weighted by molar-refractivity contribution is 7.89. The van der Waals surface area contributed by atoms with Gasteiger partial charge in [-0.25, -0.2) is 13.4 Å². The van der Waals surface area contributed by atoms with E-state index in [1.54, 1.807) is 24.3 Å². The van der Waals surface area contributed by atoms with Crippen LogP contribution in [0.2, 0.25) is 0 Å². The predicted octanol–water partition coefficient (Wildman–Crippen LogP) is 5.29. The molecule has 0 saturated carbocycles. The molecule has 172 valence electrons. The van der Waals surface area contributed by atoms with Gasteiger partial charge in [0.1, 0.15) is 0 Å². The van der Waals surface area contributed by atoms with Crippen LogP contribution in [-0.2, 0) is 14.8 Å². The zero-order valence-electron chi connectivity index (χ0n) is 18.6. The molecule has 1 atom stereocenters. The number of rotatable bonds is 4. The number of piperidine rings is 1. The Morgan fingerprint density at radius 3 is 2.56 bits per heavy atom. The van der Waals surface area contributed by atoms with Crippen LogP contribution in [0.3, 0.4) is 0 Å².